The van der Waals surface area contributed by atoms with Crippen LogP contribution in [0.4, 0.5) is 0 Å². The third-order valence-corrected chi connectivity index (χ3v) is 6.91. The molecule has 2 aromatic heterocycles. The first-order valence-corrected chi connectivity index (χ1v) is 11.7. The van der Waals surface area contributed by atoms with E-state index in [1.807, 2.05) is 23.6 Å². The van der Waals surface area contributed by atoms with Crippen LogP contribution in [-0.4, -0.2) is 32.5 Å². The van der Waals surface area contributed by atoms with Gasteiger partial charge in [-0.1, -0.05) is 13.8 Å². The monoisotopic (exact) mass is 444 g/mol. The molecule has 0 aliphatic rings. The molecule has 1 unspecified atom stereocenters. The van der Waals surface area contributed by atoms with E-state index in [0.29, 0.717) is 11.2 Å². The van der Waals surface area contributed by atoms with Crippen LogP contribution in [0, 0.1) is 5.92 Å². The molecule has 0 spiro atoms. The van der Waals surface area contributed by atoms with Gasteiger partial charge in [0.15, 0.2) is 0 Å². The van der Waals surface area contributed by atoms with E-state index >= 15 is 0 Å². The Balaban J connectivity index is 1.74. The number of ether oxygens (including phenoxy) is 1. The van der Waals surface area contributed by atoms with Gasteiger partial charge in [0.25, 0.3) is 0 Å². The number of nitrogens with zero attached hydrogens (tertiary/aromatic N) is 1. The zero-order valence-corrected chi connectivity index (χ0v) is 18.2. The Morgan fingerprint density at radius 1 is 1.13 bits per heavy atom. The van der Waals surface area contributed by atoms with Crippen molar-refractivity contribution >= 4 is 49.3 Å². The quantitative estimate of drug-likeness (QED) is 0.448. The van der Waals surface area contributed by atoms with Crippen molar-refractivity contribution in [3.05, 3.63) is 47.3 Å². The van der Waals surface area contributed by atoms with Gasteiger partial charge in [-0.25, -0.2) is 13.4 Å². The molecule has 156 valence electrons. The Morgan fingerprint density at radius 2 is 1.93 bits per heavy atom. The molecule has 2 aromatic carbocycles. The second-order valence-corrected chi connectivity index (χ2v) is 9.64. The fourth-order valence-corrected chi connectivity index (χ4v) is 5.17. The summed E-state index contributed by atoms with van der Waals surface area (Å²) in [4.78, 5) is 16.3. The maximum absolute atomic E-state index is 12.9. The van der Waals surface area contributed by atoms with Crippen LogP contribution in [-0.2, 0) is 19.6 Å². The molecule has 0 saturated heterocycles. The Kier molecular flexibility index (Phi) is 5.35. The van der Waals surface area contributed by atoms with Crippen molar-refractivity contribution in [2.24, 2.45) is 5.92 Å². The van der Waals surface area contributed by atoms with Gasteiger partial charge in [0, 0.05) is 27.8 Å². The highest BCUT2D eigenvalue weighted by Crippen LogP contribution is 2.33. The van der Waals surface area contributed by atoms with Gasteiger partial charge in [-0.2, -0.15) is 4.72 Å². The molecule has 2 heterocycles. The number of carbonyl (C=O) groups is 1. The molecule has 0 aliphatic heterocycles. The van der Waals surface area contributed by atoms with Crippen molar-refractivity contribution in [3.63, 3.8) is 0 Å². The molecule has 0 saturated carbocycles. The van der Waals surface area contributed by atoms with E-state index in [9.17, 15) is 13.2 Å². The fourth-order valence-electron chi connectivity index (χ4n) is 3.26. The molecular formula is C21H20N2O5S2. The topological polar surface area (TPSA) is 98.5 Å². The van der Waals surface area contributed by atoms with Crippen molar-refractivity contribution in [1.82, 2.24) is 9.71 Å². The molecular weight excluding hydrogens is 424 g/mol. The number of hydrogen-bond acceptors (Lipinski definition) is 7. The molecule has 30 heavy (non-hydrogen) atoms. The van der Waals surface area contributed by atoms with E-state index in [-0.39, 0.29) is 10.8 Å². The Hall–Kier alpha value is -2.75. The predicted molar refractivity (Wildman–Crippen MR) is 116 cm³/mol. The number of sulfonamides is 1. The van der Waals surface area contributed by atoms with E-state index in [4.69, 9.17) is 9.15 Å². The molecule has 0 radical (unpaired) electrons. The maximum atomic E-state index is 12.9. The molecule has 9 heteroatoms. The number of benzene rings is 2. The second-order valence-electron chi connectivity index (χ2n) is 7.21. The average molecular weight is 445 g/mol. The highest BCUT2D eigenvalue weighted by Gasteiger charge is 2.29. The number of rotatable bonds is 6. The average Bonchev–Trinajstić information content (AvgIpc) is 3.38. The molecule has 1 atom stereocenters. The number of esters is 1. The van der Waals surface area contributed by atoms with Gasteiger partial charge in [0.1, 0.15) is 17.2 Å². The minimum atomic E-state index is -3.95. The van der Waals surface area contributed by atoms with E-state index in [1.54, 1.807) is 25.4 Å². The van der Waals surface area contributed by atoms with Crippen molar-refractivity contribution in [2.75, 3.05) is 7.11 Å². The van der Waals surface area contributed by atoms with Crippen molar-refractivity contribution < 1.29 is 22.4 Å². The zero-order valence-electron chi connectivity index (χ0n) is 16.6. The number of nitrogens with one attached hydrogen (secondary N) is 1. The van der Waals surface area contributed by atoms with Crippen LogP contribution in [0.15, 0.2) is 56.6 Å². The highest BCUT2D eigenvalue weighted by atomic mass is 32.2. The number of aromatic nitrogens is 1. The van der Waals surface area contributed by atoms with Gasteiger partial charge in [-0.3, -0.25) is 4.79 Å². The van der Waals surface area contributed by atoms with Crippen molar-refractivity contribution in [3.8, 4) is 11.3 Å². The number of methoxy groups -OCH3 is 1. The highest BCUT2D eigenvalue weighted by molar-refractivity contribution is 7.89. The molecule has 1 N–H and O–H groups in total. The zero-order chi connectivity index (χ0) is 21.5. The summed E-state index contributed by atoms with van der Waals surface area (Å²) in [6, 6.07) is 9.45. The standard InChI is InChI=1S/C21H20N2O5S2/c1-12(2)20(21(24)27-3)23-30(25,26)14-5-6-15-16-8-13(17-10-29-11-22-17)4-7-18(16)28-19(15)9-14/h4-12,20,23H,1-3H3. The van der Waals surface area contributed by atoms with E-state index in [1.165, 1.54) is 30.6 Å². The predicted octanol–water partition coefficient (Wildman–Crippen LogP) is 4.19. The maximum Gasteiger partial charge on any atom is 0.324 e. The van der Waals surface area contributed by atoms with E-state index < -0.39 is 22.0 Å². The summed E-state index contributed by atoms with van der Waals surface area (Å²) in [5, 5.41) is 3.64. The number of thiazole rings is 1. The van der Waals surface area contributed by atoms with Gasteiger partial charge in [0.05, 0.1) is 23.2 Å². The molecule has 4 rings (SSSR count). The van der Waals surface area contributed by atoms with Crippen molar-refractivity contribution in [2.45, 2.75) is 24.8 Å². The lowest BCUT2D eigenvalue weighted by molar-refractivity contribution is -0.143. The summed E-state index contributed by atoms with van der Waals surface area (Å²) in [5.74, 6) is -0.903. The minimum absolute atomic E-state index is 0.0170. The first-order valence-electron chi connectivity index (χ1n) is 9.25. The summed E-state index contributed by atoms with van der Waals surface area (Å²) in [5.41, 5.74) is 4.71. The number of furan rings is 1. The van der Waals surface area contributed by atoms with E-state index in [2.05, 4.69) is 9.71 Å². The van der Waals surface area contributed by atoms with Crippen LogP contribution in [0.25, 0.3) is 33.2 Å². The van der Waals surface area contributed by atoms with Gasteiger partial charge >= 0.3 is 5.97 Å². The van der Waals surface area contributed by atoms with Crippen LogP contribution in [0.2, 0.25) is 0 Å². The first-order chi connectivity index (χ1) is 14.3. The van der Waals surface area contributed by atoms with E-state index in [0.717, 1.165) is 22.0 Å². The SMILES string of the molecule is COC(=O)C(NS(=O)(=O)c1ccc2c(c1)oc1ccc(-c3cscn3)cc12)C(C)C. The summed E-state index contributed by atoms with van der Waals surface area (Å²) in [7, 11) is -2.72. The molecule has 0 bridgehead atoms. The molecule has 7 nitrogen and oxygen atoms in total. The summed E-state index contributed by atoms with van der Waals surface area (Å²) in [6.45, 7) is 3.49. The Bertz CT molecular complexity index is 1320. The van der Waals surface area contributed by atoms with Crippen molar-refractivity contribution in [1.29, 1.82) is 0 Å². The lowest BCUT2D eigenvalue weighted by Gasteiger charge is -2.19. The van der Waals surface area contributed by atoms with Crippen LogP contribution in [0.5, 0.6) is 0 Å². The number of hydrogen-bond donors (Lipinski definition) is 1. The van der Waals surface area contributed by atoms with Gasteiger partial charge < -0.3 is 9.15 Å². The summed E-state index contributed by atoms with van der Waals surface area (Å²) >= 11 is 1.52. The summed E-state index contributed by atoms with van der Waals surface area (Å²) < 4.78 is 38.8. The van der Waals surface area contributed by atoms with Crippen LogP contribution < -0.4 is 4.72 Å². The van der Waals surface area contributed by atoms with Gasteiger partial charge in [-0.05, 0) is 36.2 Å². The Morgan fingerprint density at radius 3 is 2.60 bits per heavy atom. The lowest BCUT2D eigenvalue weighted by Crippen LogP contribution is -2.44. The van der Waals surface area contributed by atoms with Crippen LogP contribution in [0.3, 0.4) is 0 Å². The molecule has 4 aromatic rings. The fraction of sp³-hybridized carbons (Fsp3) is 0.238. The van der Waals surface area contributed by atoms with Crippen LogP contribution >= 0.6 is 11.3 Å². The number of carbonyl (C=O) groups excluding carboxylic acids is 1. The normalized spacial score (nSPS) is 13.2. The Labute approximate surface area is 177 Å². The second kappa shape index (κ2) is 7.82. The van der Waals surface area contributed by atoms with Crippen LogP contribution in [0.1, 0.15) is 13.8 Å². The third kappa shape index (κ3) is 3.71. The first kappa shape index (κ1) is 20.5. The van der Waals surface area contributed by atoms with Gasteiger partial charge in [0.2, 0.25) is 10.0 Å². The van der Waals surface area contributed by atoms with Gasteiger partial charge in [-0.15, -0.1) is 11.3 Å². The smallest absolute Gasteiger partial charge is 0.324 e. The number of fused-ring (bicyclic) bond motifs is 3. The molecule has 0 fully saturated rings. The molecule has 0 amide bonds. The largest absolute Gasteiger partial charge is 0.468 e. The third-order valence-electron chi connectivity index (χ3n) is 4.89. The summed E-state index contributed by atoms with van der Waals surface area (Å²) in [6.07, 6.45) is 0. The lowest BCUT2D eigenvalue weighted by atomic mass is 10.1. The minimum Gasteiger partial charge on any atom is -0.468 e. The molecule has 0 aliphatic carbocycles.